The van der Waals surface area contributed by atoms with Crippen molar-refractivity contribution in [3.05, 3.63) is 24.3 Å². The van der Waals surface area contributed by atoms with Crippen molar-refractivity contribution in [2.75, 3.05) is 0 Å². The minimum atomic E-state index is 0.0926. The topological polar surface area (TPSA) is 23.1 Å². The quantitative estimate of drug-likeness (QED) is 0.415. The van der Waals surface area contributed by atoms with Crippen LogP contribution in [0.25, 0.3) is 0 Å². The van der Waals surface area contributed by atoms with Crippen LogP contribution in [0.15, 0.2) is 24.3 Å². The first-order chi connectivity index (χ1) is 2.89. The predicted octanol–water partition coefficient (Wildman–Crippen LogP) is 0.479. The summed E-state index contributed by atoms with van der Waals surface area (Å²) in [4.78, 5) is 0. The summed E-state index contributed by atoms with van der Waals surface area (Å²) in [6, 6.07) is 6.50. The van der Waals surface area contributed by atoms with E-state index in [-0.39, 0.29) is 5.75 Å². The maximum Gasteiger partial charge on any atom is -0.180 e. The molecule has 0 unspecified atom stereocenters. The highest BCUT2D eigenvalue weighted by molar-refractivity contribution is 5.18. The van der Waals surface area contributed by atoms with Crippen LogP contribution >= 0.6 is 0 Å². The van der Waals surface area contributed by atoms with Crippen molar-refractivity contribution in [3.8, 4) is 5.75 Å². The maximum absolute atomic E-state index is 10.1. The monoisotopic (exact) mass is 80.0 g/mol. The molecule has 0 radical (unpaired) electrons. The first-order valence-corrected chi connectivity index (χ1v) is 1.78. The van der Waals surface area contributed by atoms with Crippen LogP contribution in [-0.4, -0.2) is 0 Å². The summed E-state index contributed by atoms with van der Waals surface area (Å²) in [5.41, 5.74) is 0. The highest BCUT2D eigenvalue weighted by atomic mass is 16.3. The second-order valence-corrected chi connectivity index (χ2v) is 1.12. The Morgan fingerprint density at radius 2 is 2.50 bits per heavy atom. The van der Waals surface area contributed by atoms with Gasteiger partial charge < -0.3 is 5.11 Å². The zero-order valence-corrected chi connectivity index (χ0v) is 3.22. The minimum Gasteiger partial charge on any atom is -0.891 e. The van der Waals surface area contributed by atoms with Gasteiger partial charge >= 0.3 is 0 Å². The van der Waals surface area contributed by atoms with Gasteiger partial charge in [0.15, 0.2) is 0 Å². The molecule has 0 N–H and O–H groups in total. The largest absolute Gasteiger partial charge is 0.891 e. The van der Waals surface area contributed by atoms with Crippen molar-refractivity contribution in [2.45, 2.75) is 0 Å². The van der Waals surface area contributed by atoms with Gasteiger partial charge in [-0.15, -0.1) is 0 Å². The first-order valence-electron chi connectivity index (χ1n) is 1.78. The lowest BCUT2D eigenvalue weighted by molar-refractivity contribution is -0.267. The molecule has 0 fully saturated rings. The average molecular weight is 80.1 g/mol. The van der Waals surface area contributed by atoms with E-state index in [1.54, 1.807) is 12.1 Å². The lowest BCUT2D eigenvalue weighted by atomic mass is 10.6. The fourth-order valence-corrected chi connectivity index (χ4v) is 0.356. The molecule has 32 valence electrons. The van der Waals surface area contributed by atoms with Crippen molar-refractivity contribution in [3.63, 3.8) is 0 Å². The molecule has 1 aromatic rings. The van der Waals surface area contributed by atoms with Gasteiger partial charge in [-0.2, -0.15) is 12.1 Å². The van der Waals surface area contributed by atoms with Gasteiger partial charge in [-0.25, -0.2) is 17.9 Å². The van der Waals surface area contributed by atoms with E-state index in [2.05, 4.69) is 0 Å². The lowest BCUT2D eigenvalue weighted by Gasteiger charge is -2.00. The molecule has 6 heavy (non-hydrogen) atoms. The van der Waals surface area contributed by atoms with E-state index in [9.17, 15) is 5.11 Å². The zero-order valence-electron chi connectivity index (χ0n) is 3.22. The number of hydrogen-bond donors (Lipinski definition) is 0. The molecule has 0 aliphatic carbocycles. The number of hydrogen-bond acceptors (Lipinski definition) is 1. The Bertz CT molecular complexity index is 107. The van der Waals surface area contributed by atoms with Gasteiger partial charge in [0.2, 0.25) is 0 Å². The Morgan fingerprint density at radius 1 is 1.67 bits per heavy atom. The molecular formula is C5H4O-2. The van der Waals surface area contributed by atoms with E-state index in [0.717, 1.165) is 0 Å². The van der Waals surface area contributed by atoms with Crippen LogP contribution in [0.3, 0.4) is 0 Å². The fourth-order valence-electron chi connectivity index (χ4n) is 0.356. The van der Waals surface area contributed by atoms with E-state index < -0.39 is 0 Å². The van der Waals surface area contributed by atoms with Crippen molar-refractivity contribution in [1.82, 2.24) is 0 Å². The molecule has 0 heterocycles. The molecular weight excluding hydrogens is 76.1 g/mol. The molecule has 1 nitrogen and oxygen atoms in total. The van der Waals surface area contributed by atoms with Crippen molar-refractivity contribution in [1.29, 1.82) is 0 Å². The van der Waals surface area contributed by atoms with Gasteiger partial charge in [-0.05, 0) is 0 Å². The summed E-state index contributed by atoms with van der Waals surface area (Å²) in [7, 11) is 0. The molecule has 0 aliphatic heterocycles. The van der Waals surface area contributed by atoms with Crippen LogP contribution in [-0.2, 0) is 0 Å². The van der Waals surface area contributed by atoms with Crippen molar-refractivity contribution in [2.24, 2.45) is 0 Å². The molecule has 0 amide bonds. The number of rotatable bonds is 0. The second-order valence-electron chi connectivity index (χ2n) is 1.12. The van der Waals surface area contributed by atoms with Gasteiger partial charge in [0.1, 0.15) is 0 Å². The Balaban J connectivity index is 3.05. The normalized spacial score (nSPS) is 8.67. The Morgan fingerprint density at radius 3 is 2.67 bits per heavy atom. The second kappa shape index (κ2) is 1.09. The van der Waals surface area contributed by atoms with E-state index in [4.69, 9.17) is 0 Å². The molecule has 1 aromatic carbocycles. The first kappa shape index (κ1) is 3.34. The summed E-state index contributed by atoms with van der Waals surface area (Å²) in [5, 5.41) is 10.1. The summed E-state index contributed by atoms with van der Waals surface area (Å²) in [6.07, 6.45) is 0. The van der Waals surface area contributed by atoms with Crippen LogP contribution in [0, 0.1) is 0 Å². The van der Waals surface area contributed by atoms with E-state index in [1.165, 1.54) is 12.1 Å². The van der Waals surface area contributed by atoms with E-state index in [0.29, 0.717) is 0 Å². The van der Waals surface area contributed by atoms with E-state index in [1.807, 2.05) is 0 Å². The molecule has 0 aliphatic rings. The van der Waals surface area contributed by atoms with Crippen LogP contribution in [0.5, 0.6) is 5.75 Å². The third kappa shape index (κ3) is 0.385. The van der Waals surface area contributed by atoms with Gasteiger partial charge in [-0.3, -0.25) is 0 Å². The lowest BCUT2D eigenvalue weighted by Crippen LogP contribution is -1.82. The summed E-state index contributed by atoms with van der Waals surface area (Å²) < 4.78 is 0. The van der Waals surface area contributed by atoms with Crippen LogP contribution < -0.4 is 5.11 Å². The predicted molar refractivity (Wildman–Crippen MR) is 21.5 cm³/mol. The Labute approximate surface area is 36.2 Å². The molecule has 0 saturated heterocycles. The van der Waals surface area contributed by atoms with Crippen LogP contribution in [0.2, 0.25) is 0 Å². The summed E-state index contributed by atoms with van der Waals surface area (Å²) in [6.45, 7) is 0. The standard InChI is InChI=1S/C5H5O/c6-5-3-1-2-4-5/h1-4,6H/q-1/p-1. The Kier molecular flexibility index (Phi) is 0.607. The molecule has 0 saturated carbocycles. The third-order valence-corrected chi connectivity index (χ3v) is 0.632. The maximum atomic E-state index is 10.1. The molecule has 1 heteroatoms. The molecule has 0 atom stereocenters. The van der Waals surface area contributed by atoms with Crippen molar-refractivity contribution < 1.29 is 5.11 Å². The van der Waals surface area contributed by atoms with Crippen LogP contribution in [0.4, 0.5) is 0 Å². The fraction of sp³-hybridized carbons (Fsp3) is 0. The van der Waals surface area contributed by atoms with Gasteiger partial charge in [0.25, 0.3) is 0 Å². The average Bonchev–Trinajstić information content (AvgIpc) is 1.86. The molecule has 0 aromatic heterocycles. The van der Waals surface area contributed by atoms with E-state index >= 15 is 0 Å². The highest BCUT2D eigenvalue weighted by Crippen LogP contribution is 1.99. The minimum absolute atomic E-state index is 0.0926. The van der Waals surface area contributed by atoms with Crippen molar-refractivity contribution >= 4 is 0 Å². The summed E-state index contributed by atoms with van der Waals surface area (Å²) in [5.74, 6) is 0.0926. The van der Waals surface area contributed by atoms with Gasteiger partial charge in [0.05, 0.1) is 0 Å². The van der Waals surface area contributed by atoms with Crippen LogP contribution in [0.1, 0.15) is 0 Å². The summed E-state index contributed by atoms with van der Waals surface area (Å²) >= 11 is 0. The highest BCUT2D eigenvalue weighted by Gasteiger charge is 1.53. The van der Waals surface area contributed by atoms with Gasteiger partial charge in [0, 0.05) is 0 Å². The molecule has 0 bridgehead atoms. The SMILES string of the molecule is [O-]c1ccc[cH-]1. The molecule has 0 spiro atoms. The molecule has 1 rings (SSSR count). The smallest absolute Gasteiger partial charge is 0.180 e. The van der Waals surface area contributed by atoms with Gasteiger partial charge in [-0.1, -0.05) is 0 Å². The third-order valence-electron chi connectivity index (χ3n) is 0.632. The zero-order chi connectivity index (χ0) is 4.41. The Hall–Kier alpha value is -0.850.